The second-order valence-electron chi connectivity index (χ2n) is 15.6. The molecule has 2 bridgehead atoms. The van der Waals surface area contributed by atoms with Crippen molar-refractivity contribution in [1.29, 1.82) is 0 Å². The summed E-state index contributed by atoms with van der Waals surface area (Å²) in [6, 6.07) is 4.53. The van der Waals surface area contributed by atoms with Crippen LogP contribution in [-0.4, -0.2) is 107 Å². The zero-order chi connectivity index (χ0) is 38.1. The zero-order valence-electron chi connectivity index (χ0n) is 30.4. The SMILES string of the molecule is COCOc1cc(-c2nc(Cl)c3c(N4C[C@H]5CC[C@@H](C4)N5C(=O)OC(C)(C)C)nc(OC[C@@]45CCCN4C[C@H](F)C5)nc3c2F)c2c(F)c(F)ccc2c1. The zero-order valence-corrected chi connectivity index (χ0v) is 31.2. The molecule has 11 nitrogen and oxygen atoms in total. The lowest BCUT2D eigenvalue weighted by molar-refractivity contribution is 0.0122. The normalized spacial score (nSPS) is 24.1. The van der Waals surface area contributed by atoms with Crippen molar-refractivity contribution in [3.05, 3.63) is 46.9 Å². The van der Waals surface area contributed by atoms with Gasteiger partial charge >= 0.3 is 12.1 Å². The maximum absolute atomic E-state index is 17.2. The van der Waals surface area contributed by atoms with Gasteiger partial charge in [0.2, 0.25) is 0 Å². The molecule has 0 unspecified atom stereocenters. The summed E-state index contributed by atoms with van der Waals surface area (Å²) in [5.41, 5.74) is -1.99. The summed E-state index contributed by atoms with van der Waals surface area (Å²) in [7, 11) is 1.42. The molecule has 0 aliphatic carbocycles. The van der Waals surface area contributed by atoms with Crippen molar-refractivity contribution in [2.75, 3.05) is 51.6 Å². The molecule has 4 aromatic rings. The molecule has 4 aliphatic heterocycles. The van der Waals surface area contributed by atoms with Gasteiger partial charge in [0.15, 0.2) is 24.2 Å². The lowest BCUT2D eigenvalue weighted by Crippen LogP contribution is -2.57. The molecule has 288 valence electrons. The van der Waals surface area contributed by atoms with E-state index in [0.29, 0.717) is 26.1 Å². The summed E-state index contributed by atoms with van der Waals surface area (Å²) in [6.45, 7) is 7.08. The molecule has 6 heterocycles. The van der Waals surface area contributed by atoms with Gasteiger partial charge in [-0.3, -0.25) is 9.80 Å². The van der Waals surface area contributed by atoms with Gasteiger partial charge < -0.3 is 23.8 Å². The number of amides is 1. The van der Waals surface area contributed by atoms with Crippen LogP contribution in [-0.2, 0) is 9.47 Å². The van der Waals surface area contributed by atoms with Gasteiger partial charge in [-0.25, -0.2) is 27.3 Å². The van der Waals surface area contributed by atoms with E-state index in [-0.39, 0.29) is 75.5 Å². The number of nitrogens with zero attached hydrogens (tertiary/aromatic N) is 6. The second kappa shape index (κ2) is 13.8. The van der Waals surface area contributed by atoms with Crippen LogP contribution in [0, 0.1) is 17.5 Å². The van der Waals surface area contributed by atoms with E-state index >= 15 is 8.78 Å². The fourth-order valence-electron chi connectivity index (χ4n) is 8.67. The smallest absolute Gasteiger partial charge is 0.410 e. The summed E-state index contributed by atoms with van der Waals surface area (Å²) in [6.07, 6.45) is 1.96. The van der Waals surface area contributed by atoms with E-state index in [1.165, 1.54) is 25.3 Å². The Morgan fingerprint density at radius 3 is 2.48 bits per heavy atom. The Morgan fingerprint density at radius 1 is 1.00 bits per heavy atom. The Labute approximate surface area is 314 Å². The van der Waals surface area contributed by atoms with Crippen LogP contribution < -0.4 is 14.4 Å². The van der Waals surface area contributed by atoms with Gasteiger partial charge in [-0.1, -0.05) is 17.7 Å². The number of hydrogen-bond acceptors (Lipinski definition) is 10. The summed E-state index contributed by atoms with van der Waals surface area (Å²) in [5.74, 6) is -2.88. The van der Waals surface area contributed by atoms with Crippen LogP contribution >= 0.6 is 11.6 Å². The number of ether oxygens (including phenoxy) is 4. The van der Waals surface area contributed by atoms with Gasteiger partial charge in [0.1, 0.15) is 46.3 Å². The van der Waals surface area contributed by atoms with Crippen LogP contribution in [0.3, 0.4) is 0 Å². The monoisotopic (exact) mass is 772 g/mol. The molecule has 8 rings (SSSR count). The fraction of sp³-hybridized carbons (Fsp3) is 0.526. The topological polar surface area (TPSA) is 102 Å². The van der Waals surface area contributed by atoms with Crippen molar-refractivity contribution in [3.63, 3.8) is 0 Å². The number of aromatic nitrogens is 3. The lowest BCUT2D eigenvalue weighted by atomic mass is 9.95. The van der Waals surface area contributed by atoms with E-state index in [1.807, 2.05) is 25.7 Å². The molecule has 0 spiro atoms. The summed E-state index contributed by atoms with van der Waals surface area (Å²) < 4.78 is 84.7. The molecular formula is C38H41ClF4N6O5. The van der Waals surface area contributed by atoms with Crippen molar-refractivity contribution in [2.45, 2.75) is 82.3 Å². The molecule has 0 radical (unpaired) electrons. The number of piperazine rings is 1. The van der Waals surface area contributed by atoms with Crippen LogP contribution in [0.15, 0.2) is 24.3 Å². The molecular weight excluding hydrogens is 732 g/mol. The average molecular weight is 773 g/mol. The lowest BCUT2D eigenvalue weighted by Gasteiger charge is -2.42. The van der Waals surface area contributed by atoms with Gasteiger partial charge in [0, 0.05) is 44.1 Å². The summed E-state index contributed by atoms with van der Waals surface area (Å²) in [4.78, 5) is 32.8. The minimum absolute atomic E-state index is 0.0807. The molecule has 1 amide bonds. The number of pyridine rings is 1. The molecule has 2 aromatic carbocycles. The largest absolute Gasteiger partial charge is 0.468 e. The number of benzene rings is 2. The highest BCUT2D eigenvalue weighted by molar-refractivity contribution is 6.35. The third kappa shape index (κ3) is 6.51. The van der Waals surface area contributed by atoms with E-state index in [4.69, 9.17) is 35.5 Å². The van der Waals surface area contributed by atoms with Crippen LogP contribution in [0.4, 0.5) is 28.2 Å². The number of alkyl halides is 1. The quantitative estimate of drug-likeness (QED) is 0.102. The highest BCUT2D eigenvalue weighted by Gasteiger charge is 2.50. The molecule has 4 saturated heterocycles. The molecule has 16 heteroatoms. The van der Waals surface area contributed by atoms with Crippen LogP contribution in [0.5, 0.6) is 11.8 Å². The number of carbonyl (C=O) groups is 1. The van der Waals surface area contributed by atoms with Gasteiger partial charge in [-0.2, -0.15) is 9.97 Å². The molecule has 4 atom stereocenters. The van der Waals surface area contributed by atoms with Gasteiger partial charge in [-0.15, -0.1) is 0 Å². The van der Waals surface area contributed by atoms with E-state index in [0.717, 1.165) is 38.3 Å². The van der Waals surface area contributed by atoms with Gasteiger partial charge in [-0.05, 0) is 76.6 Å². The fourth-order valence-corrected chi connectivity index (χ4v) is 8.93. The number of fused-ring (bicyclic) bond motifs is 5. The first-order valence-corrected chi connectivity index (χ1v) is 18.5. The maximum atomic E-state index is 17.2. The first-order valence-electron chi connectivity index (χ1n) is 18.1. The highest BCUT2D eigenvalue weighted by atomic mass is 35.5. The van der Waals surface area contributed by atoms with Crippen LogP contribution in [0.1, 0.15) is 52.9 Å². The third-order valence-corrected chi connectivity index (χ3v) is 11.2. The first kappa shape index (κ1) is 36.8. The predicted octanol–water partition coefficient (Wildman–Crippen LogP) is 7.44. The number of methoxy groups -OCH3 is 1. The van der Waals surface area contributed by atoms with E-state index in [9.17, 15) is 13.6 Å². The highest BCUT2D eigenvalue weighted by Crippen LogP contribution is 2.44. The molecule has 2 aromatic heterocycles. The van der Waals surface area contributed by atoms with Gasteiger partial charge in [0.25, 0.3) is 0 Å². The van der Waals surface area contributed by atoms with Crippen molar-refractivity contribution >= 4 is 45.2 Å². The minimum atomic E-state index is -1.20. The maximum Gasteiger partial charge on any atom is 0.410 e. The Morgan fingerprint density at radius 2 is 1.76 bits per heavy atom. The number of hydrogen-bond donors (Lipinski definition) is 0. The molecule has 4 fully saturated rings. The molecule has 4 aliphatic rings. The number of carbonyl (C=O) groups excluding carboxylic acids is 1. The van der Waals surface area contributed by atoms with E-state index in [1.54, 1.807) is 4.90 Å². The number of rotatable bonds is 8. The minimum Gasteiger partial charge on any atom is -0.468 e. The van der Waals surface area contributed by atoms with Crippen molar-refractivity contribution in [2.24, 2.45) is 0 Å². The summed E-state index contributed by atoms with van der Waals surface area (Å²) >= 11 is 6.94. The summed E-state index contributed by atoms with van der Waals surface area (Å²) in [5, 5.41) is -0.105. The van der Waals surface area contributed by atoms with E-state index in [2.05, 4.69) is 14.9 Å². The first-order chi connectivity index (χ1) is 25.7. The molecule has 0 saturated carbocycles. The van der Waals surface area contributed by atoms with E-state index < -0.39 is 46.6 Å². The van der Waals surface area contributed by atoms with Gasteiger partial charge in [0.05, 0.1) is 23.0 Å². The number of halogens is 5. The Kier molecular flexibility index (Phi) is 9.41. The Bertz CT molecular complexity index is 2130. The standard InChI is InChI=1S/C38H41ClF4N6O5/c1-37(2,3)54-36(50)49-22-7-8-23(49)17-47(16-22)34-28-32(45-35(46-34)52-18-38-10-5-11-48(38)15-21(40)14-38)30(43)31(44-33(28)39)25-13-24(53-19-51-4)12-20-6-9-26(41)29(42)27(20)25/h6,9,12-13,21-23H,5,7-8,10-11,14-19H2,1-4H3/t21-,22-,23+,38+/m1/s1. The Hall–Kier alpha value is -4.21. The van der Waals surface area contributed by atoms with Crippen molar-refractivity contribution in [1.82, 2.24) is 24.8 Å². The van der Waals surface area contributed by atoms with Crippen molar-refractivity contribution in [3.8, 4) is 23.0 Å². The predicted molar refractivity (Wildman–Crippen MR) is 193 cm³/mol. The van der Waals surface area contributed by atoms with Crippen LogP contribution in [0.2, 0.25) is 5.15 Å². The van der Waals surface area contributed by atoms with Crippen molar-refractivity contribution < 1.29 is 41.3 Å². The third-order valence-electron chi connectivity index (χ3n) is 10.9. The Balaban J connectivity index is 1.25. The molecule has 0 N–H and O–H groups in total. The number of anilines is 1. The van der Waals surface area contributed by atoms with Crippen LogP contribution in [0.25, 0.3) is 32.9 Å². The average Bonchev–Trinajstić information content (AvgIpc) is 3.74. The second-order valence-corrected chi connectivity index (χ2v) is 16.0. The molecule has 54 heavy (non-hydrogen) atoms.